The lowest BCUT2D eigenvalue weighted by molar-refractivity contribution is -0.142. The van der Waals surface area contributed by atoms with Crippen molar-refractivity contribution in [3.63, 3.8) is 0 Å². The molecule has 4 nitrogen and oxygen atoms in total. The number of rotatable bonds is 3. The Hall–Kier alpha value is -0.900. The third kappa shape index (κ3) is 3.66. The van der Waals surface area contributed by atoms with Crippen molar-refractivity contribution in [2.24, 2.45) is 0 Å². The number of carboxylic acids is 1. The summed E-state index contributed by atoms with van der Waals surface area (Å²) in [5.41, 5.74) is 0. The first-order chi connectivity index (χ1) is 4.04. The number of carbonyl (C=O) groups excluding carboxylic acids is 1. The zero-order valence-corrected chi connectivity index (χ0v) is 5.00. The second kappa shape index (κ2) is 3.19. The predicted molar refractivity (Wildman–Crippen MR) is 28.9 cm³/mol. The molecule has 0 aliphatic rings. The van der Waals surface area contributed by atoms with Crippen LogP contribution in [0.15, 0.2) is 0 Å². The van der Waals surface area contributed by atoms with Crippen LogP contribution in [0.25, 0.3) is 0 Å². The molecule has 1 unspecified atom stereocenters. The zero-order valence-electron chi connectivity index (χ0n) is 5.00. The summed E-state index contributed by atoms with van der Waals surface area (Å²) in [6.45, 7) is 1.24. The predicted octanol–water partition coefficient (Wildman–Crippen LogP) is -0.589. The van der Waals surface area contributed by atoms with Gasteiger partial charge in [-0.1, -0.05) is 0 Å². The van der Waals surface area contributed by atoms with Gasteiger partial charge in [-0.3, -0.25) is 9.59 Å². The fraction of sp³-hybridized carbons (Fsp3) is 0.600. The Morgan fingerprint density at radius 3 is 2.11 bits per heavy atom. The number of hydrogen-bond acceptors (Lipinski definition) is 3. The quantitative estimate of drug-likeness (QED) is 0.503. The van der Waals surface area contributed by atoms with Gasteiger partial charge in [0.05, 0.1) is 0 Å². The molecule has 0 rings (SSSR count). The lowest BCUT2D eigenvalue weighted by atomic mass is 10.2. The third-order valence-electron chi connectivity index (χ3n) is 0.791. The molecule has 0 saturated heterocycles. The highest BCUT2D eigenvalue weighted by molar-refractivity contribution is 5.96. The molecule has 0 aliphatic carbocycles. The van der Waals surface area contributed by atoms with E-state index >= 15 is 0 Å². The van der Waals surface area contributed by atoms with Gasteiger partial charge in [-0.25, -0.2) is 0 Å². The lowest BCUT2D eigenvalue weighted by Gasteiger charge is -1.97. The number of aliphatic hydroxyl groups is 1. The molecule has 0 radical (unpaired) electrons. The Morgan fingerprint density at radius 1 is 1.56 bits per heavy atom. The SMILES string of the molecule is CC(O)C(=O)CC(=O)O. The number of aliphatic hydroxyl groups excluding tert-OH is 1. The topological polar surface area (TPSA) is 74.6 Å². The molecular weight excluding hydrogens is 124 g/mol. The van der Waals surface area contributed by atoms with E-state index in [9.17, 15) is 9.59 Å². The van der Waals surface area contributed by atoms with E-state index < -0.39 is 24.3 Å². The first kappa shape index (κ1) is 8.10. The molecule has 0 fully saturated rings. The summed E-state index contributed by atoms with van der Waals surface area (Å²) in [5.74, 6) is -1.87. The molecule has 0 aromatic heterocycles. The van der Waals surface area contributed by atoms with Crippen molar-refractivity contribution in [2.45, 2.75) is 19.4 Å². The third-order valence-corrected chi connectivity index (χ3v) is 0.791. The molecule has 0 saturated carbocycles. The van der Waals surface area contributed by atoms with Gasteiger partial charge in [0.1, 0.15) is 12.5 Å². The van der Waals surface area contributed by atoms with Gasteiger partial charge in [0, 0.05) is 0 Å². The van der Waals surface area contributed by atoms with Crippen molar-refractivity contribution in [1.82, 2.24) is 0 Å². The van der Waals surface area contributed by atoms with E-state index in [2.05, 4.69) is 0 Å². The fourth-order valence-electron chi connectivity index (χ4n) is 0.297. The van der Waals surface area contributed by atoms with Crippen LogP contribution in [-0.2, 0) is 9.59 Å². The maximum atomic E-state index is 10.3. The Morgan fingerprint density at radius 2 is 2.00 bits per heavy atom. The highest BCUT2D eigenvalue weighted by Crippen LogP contribution is 1.88. The maximum Gasteiger partial charge on any atom is 0.310 e. The van der Waals surface area contributed by atoms with Gasteiger partial charge in [-0.15, -0.1) is 0 Å². The van der Waals surface area contributed by atoms with Gasteiger partial charge in [0.25, 0.3) is 0 Å². The molecule has 1 atom stereocenters. The number of aliphatic carboxylic acids is 1. The minimum Gasteiger partial charge on any atom is -0.481 e. The van der Waals surface area contributed by atoms with Crippen molar-refractivity contribution in [2.75, 3.05) is 0 Å². The smallest absolute Gasteiger partial charge is 0.310 e. The van der Waals surface area contributed by atoms with Gasteiger partial charge in [0.15, 0.2) is 5.78 Å². The van der Waals surface area contributed by atoms with Crippen LogP contribution in [-0.4, -0.2) is 28.1 Å². The van der Waals surface area contributed by atoms with Crippen LogP contribution < -0.4 is 0 Å². The number of ketones is 1. The first-order valence-electron chi connectivity index (χ1n) is 2.46. The normalized spacial score (nSPS) is 12.7. The van der Waals surface area contributed by atoms with Crippen molar-refractivity contribution in [3.05, 3.63) is 0 Å². The lowest BCUT2D eigenvalue weighted by Crippen LogP contribution is -2.19. The molecule has 0 aliphatic heterocycles. The van der Waals surface area contributed by atoms with E-state index in [0.29, 0.717) is 0 Å². The van der Waals surface area contributed by atoms with Crippen LogP contribution in [0.2, 0.25) is 0 Å². The molecule has 0 heterocycles. The molecule has 4 heteroatoms. The Balaban J connectivity index is 3.64. The van der Waals surface area contributed by atoms with Gasteiger partial charge in [-0.2, -0.15) is 0 Å². The molecule has 0 amide bonds. The van der Waals surface area contributed by atoms with Crippen molar-refractivity contribution >= 4 is 11.8 Å². The number of Topliss-reactive ketones (excluding diaryl/α,β-unsaturated/α-hetero) is 1. The summed E-state index contributed by atoms with van der Waals surface area (Å²) in [6, 6.07) is 0. The molecule has 0 aromatic rings. The molecular formula is C5H8O4. The van der Waals surface area contributed by atoms with Crippen LogP contribution >= 0.6 is 0 Å². The van der Waals surface area contributed by atoms with E-state index in [0.717, 1.165) is 0 Å². The molecule has 52 valence electrons. The second-order valence-electron chi connectivity index (χ2n) is 1.71. The van der Waals surface area contributed by atoms with Crippen LogP contribution in [0, 0.1) is 0 Å². The van der Waals surface area contributed by atoms with Crippen molar-refractivity contribution in [3.8, 4) is 0 Å². The largest absolute Gasteiger partial charge is 0.481 e. The van der Waals surface area contributed by atoms with E-state index in [1.807, 2.05) is 0 Å². The van der Waals surface area contributed by atoms with E-state index in [4.69, 9.17) is 10.2 Å². The van der Waals surface area contributed by atoms with Crippen molar-refractivity contribution < 1.29 is 19.8 Å². The van der Waals surface area contributed by atoms with Gasteiger partial charge in [-0.05, 0) is 6.92 Å². The molecule has 0 aromatic carbocycles. The fourth-order valence-corrected chi connectivity index (χ4v) is 0.297. The Kier molecular flexibility index (Phi) is 2.87. The maximum absolute atomic E-state index is 10.3. The summed E-state index contributed by atoms with van der Waals surface area (Å²) >= 11 is 0. The van der Waals surface area contributed by atoms with E-state index in [1.54, 1.807) is 0 Å². The minimum atomic E-state index is -1.21. The zero-order chi connectivity index (χ0) is 7.44. The average molecular weight is 132 g/mol. The molecule has 0 spiro atoms. The highest BCUT2D eigenvalue weighted by Gasteiger charge is 2.12. The molecule has 2 N–H and O–H groups in total. The summed E-state index contributed by atoms with van der Waals surface area (Å²) < 4.78 is 0. The van der Waals surface area contributed by atoms with Gasteiger partial charge >= 0.3 is 5.97 Å². The van der Waals surface area contributed by atoms with Crippen LogP contribution in [0.3, 0.4) is 0 Å². The Labute approximate surface area is 52.1 Å². The van der Waals surface area contributed by atoms with Gasteiger partial charge in [0.2, 0.25) is 0 Å². The summed E-state index contributed by atoms with van der Waals surface area (Å²) in [4.78, 5) is 20.1. The molecule has 0 bridgehead atoms. The summed E-state index contributed by atoms with van der Waals surface area (Å²) in [5, 5.41) is 16.5. The summed E-state index contributed by atoms with van der Waals surface area (Å²) in [7, 11) is 0. The average Bonchev–Trinajstić information content (AvgIpc) is 1.63. The second-order valence-corrected chi connectivity index (χ2v) is 1.71. The van der Waals surface area contributed by atoms with E-state index in [-0.39, 0.29) is 0 Å². The van der Waals surface area contributed by atoms with Crippen LogP contribution in [0.4, 0.5) is 0 Å². The van der Waals surface area contributed by atoms with E-state index in [1.165, 1.54) is 6.92 Å². The summed E-state index contributed by atoms with van der Waals surface area (Å²) in [6.07, 6.45) is -1.77. The highest BCUT2D eigenvalue weighted by atomic mass is 16.4. The molecule has 9 heavy (non-hydrogen) atoms. The first-order valence-corrected chi connectivity index (χ1v) is 2.46. The van der Waals surface area contributed by atoms with Gasteiger partial charge < -0.3 is 10.2 Å². The monoisotopic (exact) mass is 132 g/mol. The Bertz CT molecular complexity index is 127. The van der Waals surface area contributed by atoms with Crippen molar-refractivity contribution in [1.29, 1.82) is 0 Å². The minimum absolute atomic E-state index is 0.600. The number of hydrogen-bond donors (Lipinski definition) is 2. The number of carbonyl (C=O) groups is 2. The standard InChI is InChI=1S/C5H8O4/c1-3(6)4(7)2-5(8)9/h3,6H,2H2,1H3,(H,8,9). The van der Waals surface area contributed by atoms with Crippen LogP contribution in [0.5, 0.6) is 0 Å². The number of carboxylic acid groups (broad SMARTS) is 1. The van der Waals surface area contributed by atoms with Crippen LogP contribution in [0.1, 0.15) is 13.3 Å².